The van der Waals surface area contributed by atoms with E-state index in [0.29, 0.717) is 25.8 Å². The first kappa shape index (κ1) is 30.6. The van der Waals surface area contributed by atoms with Crippen LogP contribution in [0.1, 0.15) is 86.0 Å². The van der Waals surface area contributed by atoms with E-state index in [0.717, 1.165) is 32.1 Å². The van der Waals surface area contributed by atoms with E-state index in [-0.39, 0.29) is 23.5 Å². The molecule has 0 aromatic rings. The summed E-state index contributed by atoms with van der Waals surface area (Å²) in [7, 11) is 0. The molecule has 1 heterocycles. The first-order chi connectivity index (χ1) is 18.2. The van der Waals surface area contributed by atoms with Gasteiger partial charge >= 0.3 is 6.03 Å². The number of nitrogens with one attached hydrogen (secondary N) is 3. The van der Waals surface area contributed by atoms with Crippen LogP contribution in [0.15, 0.2) is 0 Å². The highest BCUT2D eigenvalue weighted by molar-refractivity contribution is 6.37. The third-order valence-corrected chi connectivity index (χ3v) is 8.14. The zero-order valence-electron chi connectivity index (χ0n) is 23.9. The predicted octanol–water partition coefficient (Wildman–Crippen LogP) is 1.42. The lowest BCUT2D eigenvalue weighted by Gasteiger charge is -2.36. The minimum atomic E-state index is -1.10. The number of nitrogens with two attached hydrogens (primary N) is 1. The Morgan fingerprint density at radius 2 is 1.54 bits per heavy atom. The lowest BCUT2D eigenvalue weighted by Crippen LogP contribution is -2.61. The van der Waals surface area contributed by atoms with Crippen molar-refractivity contribution < 1.29 is 28.8 Å². The van der Waals surface area contributed by atoms with Crippen LogP contribution in [0.5, 0.6) is 0 Å². The van der Waals surface area contributed by atoms with Crippen molar-refractivity contribution in [3.8, 4) is 0 Å². The third kappa shape index (κ3) is 7.79. The zero-order chi connectivity index (χ0) is 29.1. The van der Waals surface area contributed by atoms with Gasteiger partial charge in [0.15, 0.2) is 5.78 Å². The van der Waals surface area contributed by atoms with Gasteiger partial charge in [-0.2, -0.15) is 0 Å². The van der Waals surface area contributed by atoms with Crippen molar-refractivity contribution in [2.45, 2.75) is 110 Å². The molecule has 0 bridgehead atoms. The monoisotopic (exact) mass is 547 g/mol. The molecule has 0 aromatic carbocycles. The van der Waals surface area contributed by atoms with Crippen molar-refractivity contribution in [2.75, 3.05) is 6.54 Å². The molecule has 0 radical (unpaired) electrons. The van der Waals surface area contributed by atoms with Crippen molar-refractivity contribution in [2.24, 2.45) is 28.9 Å². The number of carbonyl (C=O) groups excluding carboxylic acids is 6. The summed E-state index contributed by atoms with van der Waals surface area (Å²) < 4.78 is 0. The van der Waals surface area contributed by atoms with E-state index < -0.39 is 59.1 Å². The summed E-state index contributed by atoms with van der Waals surface area (Å²) in [4.78, 5) is 78.3. The minimum absolute atomic E-state index is 0.0209. The quantitative estimate of drug-likeness (QED) is 0.270. The highest BCUT2D eigenvalue weighted by Gasteiger charge is 2.44. The number of hydrogen-bond acceptors (Lipinski definition) is 6. The summed E-state index contributed by atoms with van der Waals surface area (Å²) in [6.45, 7) is 9.52. The van der Waals surface area contributed by atoms with Gasteiger partial charge < -0.3 is 26.6 Å². The molecule has 11 nitrogen and oxygen atoms in total. The Labute approximate surface area is 230 Å². The lowest BCUT2D eigenvalue weighted by molar-refractivity contribution is -0.143. The number of likely N-dealkylation sites (tertiary alicyclic amines) is 1. The topological polar surface area (TPSA) is 168 Å². The van der Waals surface area contributed by atoms with Gasteiger partial charge in [0.1, 0.15) is 12.1 Å². The van der Waals surface area contributed by atoms with Crippen molar-refractivity contribution in [1.82, 2.24) is 20.9 Å². The summed E-state index contributed by atoms with van der Waals surface area (Å²) in [5.41, 5.74) is 4.50. The van der Waals surface area contributed by atoms with Crippen LogP contribution in [0.2, 0.25) is 0 Å². The van der Waals surface area contributed by atoms with Crippen LogP contribution in [0.4, 0.5) is 4.79 Å². The summed E-state index contributed by atoms with van der Waals surface area (Å²) >= 11 is 0. The highest BCUT2D eigenvalue weighted by Crippen LogP contribution is 2.34. The molecule has 5 amide bonds. The molecule has 5 N–H and O–H groups in total. The van der Waals surface area contributed by atoms with Crippen LogP contribution in [-0.4, -0.2) is 70.9 Å². The minimum Gasteiger partial charge on any atom is -0.363 e. The van der Waals surface area contributed by atoms with Crippen molar-refractivity contribution in [3.05, 3.63) is 0 Å². The predicted molar refractivity (Wildman–Crippen MR) is 144 cm³/mol. The molecule has 3 rings (SSSR count). The summed E-state index contributed by atoms with van der Waals surface area (Å²) in [5.74, 6) is -2.72. The van der Waals surface area contributed by atoms with Gasteiger partial charge in [0, 0.05) is 12.5 Å². The van der Waals surface area contributed by atoms with E-state index in [2.05, 4.69) is 16.0 Å². The van der Waals surface area contributed by atoms with Crippen LogP contribution < -0.4 is 21.7 Å². The molecule has 218 valence electrons. The fourth-order valence-electron chi connectivity index (χ4n) is 5.30. The Bertz CT molecular complexity index is 981. The first-order valence-electron chi connectivity index (χ1n) is 14.3. The summed E-state index contributed by atoms with van der Waals surface area (Å²) in [5, 5.41) is 8.23. The molecule has 2 saturated carbocycles. The molecule has 3 aliphatic rings. The number of urea groups is 1. The van der Waals surface area contributed by atoms with Gasteiger partial charge in [0.05, 0.1) is 12.1 Å². The Balaban J connectivity index is 1.70. The van der Waals surface area contributed by atoms with Gasteiger partial charge in [-0.05, 0) is 49.4 Å². The van der Waals surface area contributed by atoms with Crippen LogP contribution in [0.3, 0.4) is 0 Å². The summed E-state index contributed by atoms with van der Waals surface area (Å²) in [6, 6.07) is -4.07. The number of rotatable bonds is 12. The molecular formula is C28H45N5O6. The van der Waals surface area contributed by atoms with E-state index >= 15 is 0 Å². The molecular weight excluding hydrogens is 502 g/mol. The third-order valence-electron chi connectivity index (χ3n) is 8.14. The molecule has 3 fully saturated rings. The Morgan fingerprint density at radius 3 is 2.03 bits per heavy atom. The average Bonchev–Trinajstić information content (AvgIpc) is 3.48. The van der Waals surface area contributed by atoms with Crippen molar-refractivity contribution in [1.29, 1.82) is 0 Å². The fraction of sp³-hybridized carbons (Fsp3) is 0.786. The standard InChI is InChI=1S/C28H45N5O6/c1-15(2)20(21(34)17-8-6-9-17)31-27(39)32-23(28(3,4)5)26(38)33-13-7-10-19(33)25(37)30-18(14-16-11-12-16)22(35)24(29)36/h15-20,23H,6-14H2,1-5H3,(H2,29,36)(H,30,37)(H2,31,32,39)/t18?,19-,20?,23?/m0/s1. The molecule has 1 saturated heterocycles. The average molecular weight is 548 g/mol. The number of Topliss-reactive ketones (excluding diaryl/α,β-unsaturated/α-hetero) is 2. The van der Waals surface area contributed by atoms with Crippen molar-refractivity contribution >= 4 is 35.3 Å². The largest absolute Gasteiger partial charge is 0.363 e. The van der Waals surface area contributed by atoms with Crippen LogP contribution in [-0.2, 0) is 24.0 Å². The zero-order valence-corrected chi connectivity index (χ0v) is 23.9. The maximum Gasteiger partial charge on any atom is 0.316 e. The molecule has 39 heavy (non-hydrogen) atoms. The highest BCUT2D eigenvalue weighted by atomic mass is 16.2. The van der Waals surface area contributed by atoms with Crippen LogP contribution in [0.25, 0.3) is 0 Å². The molecule has 4 atom stereocenters. The molecule has 3 unspecified atom stereocenters. The van der Waals surface area contributed by atoms with Gasteiger partial charge in [-0.25, -0.2) is 4.79 Å². The van der Waals surface area contributed by atoms with Crippen LogP contribution >= 0.6 is 0 Å². The molecule has 2 aliphatic carbocycles. The molecule has 11 heteroatoms. The lowest BCUT2D eigenvalue weighted by atomic mass is 9.78. The summed E-state index contributed by atoms with van der Waals surface area (Å²) in [6.07, 6.45) is 5.85. The number of ketones is 2. The van der Waals surface area contributed by atoms with Gasteiger partial charge in [0.25, 0.3) is 5.91 Å². The van der Waals surface area contributed by atoms with E-state index in [9.17, 15) is 28.8 Å². The Hall–Kier alpha value is -2.98. The number of primary amides is 1. The Kier molecular flexibility index (Phi) is 9.77. The smallest absolute Gasteiger partial charge is 0.316 e. The molecule has 1 aliphatic heterocycles. The fourth-order valence-corrected chi connectivity index (χ4v) is 5.30. The normalized spacial score (nSPS) is 21.9. The molecule has 0 spiro atoms. The maximum absolute atomic E-state index is 13.8. The first-order valence-corrected chi connectivity index (χ1v) is 14.3. The van der Waals surface area contributed by atoms with E-state index in [1.807, 2.05) is 34.6 Å². The number of amides is 5. The van der Waals surface area contributed by atoms with Gasteiger partial charge in [0.2, 0.25) is 17.6 Å². The SMILES string of the molecule is CC(C)C(NC(=O)NC(C(=O)N1CCC[C@H]1C(=O)NC(CC1CC1)C(=O)C(N)=O)C(C)(C)C)C(=O)C1CCC1. The Morgan fingerprint density at radius 1 is 0.897 bits per heavy atom. The van der Waals surface area contributed by atoms with E-state index in [4.69, 9.17) is 5.73 Å². The van der Waals surface area contributed by atoms with Crippen LogP contribution in [0, 0.1) is 23.2 Å². The van der Waals surface area contributed by atoms with Gasteiger partial charge in [-0.15, -0.1) is 0 Å². The van der Waals surface area contributed by atoms with Crippen molar-refractivity contribution in [3.63, 3.8) is 0 Å². The van der Waals surface area contributed by atoms with Gasteiger partial charge in [-0.3, -0.25) is 24.0 Å². The van der Waals surface area contributed by atoms with Gasteiger partial charge in [-0.1, -0.05) is 53.9 Å². The van der Waals surface area contributed by atoms with E-state index in [1.54, 1.807) is 0 Å². The number of nitrogens with zero attached hydrogens (tertiary/aromatic N) is 1. The number of carbonyl (C=O) groups is 6. The van der Waals surface area contributed by atoms with E-state index in [1.165, 1.54) is 4.90 Å². The molecule has 0 aromatic heterocycles. The second kappa shape index (κ2) is 12.5. The maximum atomic E-state index is 13.8. The second-order valence-corrected chi connectivity index (χ2v) is 12.8. The second-order valence-electron chi connectivity index (χ2n) is 12.8. The number of hydrogen-bond donors (Lipinski definition) is 4.